The number of aliphatic carboxylic acids is 1. The number of carboxylic acid groups (broad SMARTS) is 1. The zero-order chi connectivity index (χ0) is 12.8. The number of carbonyl (C=O) groups is 1. The fourth-order valence-electron chi connectivity index (χ4n) is 1.10. The van der Waals surface area contributed by atoms with Gasteiger partial charge in [-0.3, -0.25) is 4.79 Å². The quantitative estimate of drug-likeness (QED) is 0.675. The summed E-state index contributed by atoms with van der Waals surface area (Å²) >= 11 is 0. The van der Waals surface area contributed by atoms with Crippen LogP contribution in [-0.4, -0.2) is 31.8 Å². The zero-order valence-electron chi connectivity index (χ0n) is 10.1. The van der Waals surface area contributed by atoms with Crippen LogP contribution in [-0.2, 0) is 14.8 Å². The van der Waals surface area contributed by atoms with E-state index in [2.05, 4.69) is 4.72 Å². The molecule has 0 spiro atoms. The van der Waals surface area contributed by atoms with E-state index in [1.54, 1.807) is 6.92 Å². The first-order valence-corrected chi connectivity index (χ1v) is 7.07. The van der Waals surface area contributed by atoms with Crippen molar-refractivity contribution >= 4 is 16.0 Å². The molecule has 0 aliphatic carbocycles. The summed E-state index contributed by atoms with van der Waals surface area (Å²) in [5, 5.41) is 8.51. The van der Waals surface area contributed by atoms with Gasteiger partial charge < -0.3 is 5.11 Å². The van der Waals surface area contributed by atoms with Crippen LogP contribution in [0.5, 0.6) is 0 Å². The molecule has 0 aromatic rings. The molecule has 16 heavy (non-hydrogen) atoms. The second kappa shape index (κ2) is 6.85. The summed E-state index contributed by atoms with van der Waals surface area (Å²) in [4.78, 5) is 10.4. The van der Waals surface area contributed by atoms with E-state index in [1.165, 1.54) is 0 Å². The molecule has 0 aromatic heterocycles. The summed E-state index contributed by atoms with van der Waals surface area (Å²) in [6, 6.07) is 0. The maximum atomic E-state index is 11.5. The van der Waals surface area contributed by atoms with Crippen molar-refractivity contribution in [2.24, 2.45) is 11.8 Å². The van der Waals surface area contributed by atoms with Gasteiger partial charge in [0.15, 0.2) is 0 Å². The maximum Gasteiger partial charge on any atom is 0.303 e. The summed E-state index contributed by atoms with van der Waals surface area (Å²) < 4.78 is 25.4. The van der Waals surface area contributed by atoms with Gasteiger partial charge in [-0.05, 0) is 18.3 Å². The highest BCUT2D eigenvalue weighted by molar-refractivity contribution is 7.89. The predicted octanol–water partition coefficient (Wildman–Crippen LogP) is 1.06. The van der Waals surface area contributed by atoms with Gasteiger partial charge in [0.05, 0.1) is 5.75 Å². The highest BCUT2D eigenvalue weighted by Crippen LogP contribution is 2.04. The van der Waals surface area contributed by atoms with Gasteiger partial charge in [-0.2, -0.15) is 0 Å². The van der Waals surface area contributed by atoms with Gasteiger partial charge in [-0.1, -0.05) is 20.8 Å². The first-order valence-electron chi connectivity index (χ1n) is 5.42. The SMILES string of the molecule is CC(C)CCS(=O)(=O)NCC(C)CC(=O)O. The fraction of sp³-hybridized carbons (Fsp3) is 0.900. The normalized spacial score (nSPS) is 14.0. The summed E-state index contributed by atoms with van der Waals surface area (Å²) in [5.74, 6) is -0.655. The minimum atomic E-state index is -3.25. The van der Waals surface area contributed by atoms with E-state index in [0.717, 1.165) is 0 Å². The lowest BCUT2D eigenvalue weighted by atomic mass is 10.1. The molecule has 0 aromatic carbocycles. The fourth-order valence-corrected chi connectivity index (χ4v) is 2.57. The van der Waals surface area contributed by atoms with Gasteiger partial charge in [-0.15, -0.1) is 0 Å². The van der Waals surface area contributed by atoms with Crippen molar-refractivity contribution in [1.82, 2.24) is 4.72 Å². The van der Waals surface area contributed by atoms with E-state index in [-0.39, 0.29) is 24.6 Å². The second-order valence-corrected chi connectivity index (χ2v) is 6.48. The molecule has 96 valence electrons. The number of hydrogen-bond donors (Lipinski definition) is 2. The first-order chi connectivity index (χ1) is 7.23. The summed E-state index contributed by atoms with van der Waals surface area (Å²) in [6.45, 7) is 5.82. The van der Waals surface area contributed by atoms with Crippen LogP contribution >= 0.6 is 0 Å². The molecular weight excluding hydrogens is 230 g/mol. The molecule has 0 bridgehead atoms. The van der Waals surface area contributed by atoms with Crippen LogP contribution in [0.1, 0.15) is 33.6 Å². The molecule has 0 radical (unpaired) electrons. The predicted molar refractivity (Wildman–Crippen MR) is 62.7 cm³/mol. The maximum absolute atomic E-state index is 11.5. The smallest absolute Gasteiger partial charge is 0.303 e. The molecule has 6 heteroatoms. The Morgan fingerprint density at radius 1 is 1.31 bits per heavy atom. The topological polar surface area (TPSA) is 83.5 Å². The average Bonchev–Trinajstić information content (AvgIpc) is 2.11. The molecule has 2 N–H and O–H groups in total. The lowest BCUT2D eigenvalue weighted by Crippen LogP contribution is -2.31. The number of rotatable bonds is 8. The summed E-state index contributed by atoms with van der Waals surface area (Å²) in [6.07, 6.45) is 0.593. The van der Waals surface area contributed by atoms with Crippen LogP contribution in [0.15, 0.2) is 0 Å². The van der Waals surface area contributed by atoms with Gasteiger partial charge in [0.1, 0.15) is 0 Å². The molecule has 1 unspecified atom stereocenters. The van der Waals surface area contributed by atoms with Crippen molar-refractivity contribution in [3.8, 4) is 0 Å². The zero-order valence-corrected chi connectivity index (χ0v) is 10.9. The summed E-state index contributed by atoms with van der Waals surface area (Å²) in [5.41, 5.74) is 0. The molecule has 1 atom stereocenters. The number of sulfonamides is 1. The van der Waals surface area contributed by atoms with Crippen molar-refractivity contribution in [3.63, 3.8) is 0 Å². The third kappa shape index (κ3) is 8.67. The standard InChI is InChI=1S/C10H21NO4S/c1-8(2)4-5-16(14,15)11-7-9(3)6-10(12)13/h8-9,11H,4-7H2,1-3H3,(H,12,13). The Balaban J connectivity index is 3.94. The van der Waals surface area contributed by atoms with Crippen molar-refractivity contribution < 1.29 is 18.3 Å². The lowest BCUT2D eigenvalue weighted by Gasteiger charge is -2.11. The van der Waals surface area contributed by atoms with E-state index >= 15 is 0 Å². The van der Waals surface area contributed by atoms with Gasteiger partial charge in [-0.25, -0.2) is 13.1 Å². The molecule has 0 saturated heterocycles. The van der Waals surface area contributed by atoms with Crippen LogP contribution in [0, 0.1) is 11.8 Å². The molecule has 0 aliphatic rings. The Hall–Kier alpha value is -0.620. The van der Waals surface area contributed by atoms with E-state index in [4.69, 9.17) is 5.11 Å². The van der Waals surface area contributed by atoms with E-state index < -0.39 is 16.0 Å². The second-order valence-electron chi connectivity index (χ2n) is 4.55. The lowest BCUT2D eigenvalue weighted by molar-refractivity contribution is -0.137. The molecular formula is C10H21NO4S. The average molecular weight is 251 g/mol. The van der Waals surface area contributed by atoms with Crippen LogP contribution in [0.2, 0.25) is 0 Å². The third-order valence-electron chi connectivity index (χ3n) is 2.14. The highest BCUT2D eigenvalue weighted by Gasteiger charge is 2.14. The van der Waals surface area contributed by atoms with Crippen LogP contribution in [0.3, 0.4) is 0 Å². The Kier molecular flexibility index (Phi) is 6.59. The Morgan fingerprint density at radius 3 is 2.31 bits per heavy atom. The largest absolute Gasteiger partial charge is 0.481 e. The van der Waals surface area contributed by atoms with E-state index in [9.17, 15) is 13.2 Å². The first kappa shape index (κ1) is 15.4. The Morgan fingerprint density at radius 2 is 1.88 bits per heavy atom. The van der Waals surface area contributed by atoms with Gasteiger partial charge in [0.2, 0.25) is 10.0 Å². The van der Waals surface area contributed by atoms with Gasteiger partial charge in [0.25, 0.3) is 0 Å². The minimum Gasteiger partial charge on any atom is -0.481 e. The Bertz CT molecular complexity index is 311. The van der Waals surface area contributed by atoms with Gasteiger partial charge >= 0.3 is 5.97 Å². The van der Waals surface area contributed by atoms with Crippen molar-refractivity contribution in [1.29, 1.82) is 0 Å². The van der Waals surface area contributed by atoms with Crippen molar-refractivity contribution in [2.45, 2.75) is 33.6 Å². The minimum absolute atomic E-state index is 0.0211. The Labute approximate surface area is 97.3 Å². The highest BCUT2D eigenvalue weighted by atomic mass is 32.2. The monoisotopic (exact) mass is 251 g/mol. The molecule has 0 rings (SSSR count). The van der Waals surface area contributed by atoms with Gasteiger partial charge in [0, 0.05) is 13.0 Å². The number of hydrogen-bond acceptors (Lipinski definition) is 3. The third-order valence-corrected chi connectivity index (χ3v) is 3.52. The van der Waals surface area contributed by atoms with Crippen molar-refractivity contribution in [3.05, 3.63) is 0 Å². The molecule has 5 nitrogen and oxygen atoms in total. The molecule has 0 amide bonds. The summed E-state index contributed by atoms with van der Waals surface area (Å²) in [7, 11) is -3.25. The number of carboxylic acids is 1. The van der Waals surface area contributed by atoms with Crippen LogP contribution in [0.25, 0.3) is 0 Å². The molecule has 0 saturated carbocycles. The van der Waals surface area contributed by atoms with Crippen LogP contribution < -0.4 is 4.72 Å². The number of nitrogens with one attached hydrogen (secondary N) is 1. The molecule has 0 fully saturated rings. The molecule has 0 heterocycles. The van der Waals surface area contributed by atoms with E-state index in [1.807, 2.05) is 13.8 Å². The van der Waals surface area contributed by atoms with E-state index in [0.29, 0.717) is 12.3 Å². The van der Waals surface area contributed by atoms with Crippen molar-refractivity contribution in [2.75, 3.05) is 12.3 Å². The van der Waals surface area contributed by atoms with Crippen LogP contribution in [0.4, 0.5) is 0 Å². The molecule has 0 aliphatic heterocycles.